The molecule has 1 atom stereocenters. The molecule has 0 unspecified atom stereocenters. The van der Waals surface area contributed by atoms with E-state index in [1.807, 2.05) is 35.0 Å². The smallest absolute Gasteiger partial charge is 0.206 e. The molecule has 0 radical (unpaired) electrons. The third kappa shape index (κ3) is 4.15. The minimum absolute atomic E-state index is 0.195. The summed E-state index contributed by atoms with van der Waals surface area (Å²) in [6.45, 7) is 2.60. The molecule has 154 valence electrons. The first-order valence-electron chi connectivity index (χ1n) is 10.0. The molecule has 0 N–H and O–H groups in total. The zero-order valence-corrected chi connectivity index (χ0v) is 17.3. The van der Waals surface area contributed by atoms with E-state index >= 15 is 0 Å². The predicted octanol–water partition coefficient (Wildman–Crippen LogP) is 3.34. The summed E-state index contributed by atoms with van der Waals surface area (Å²) in [5, 5.41) is 6.80. The zero-order valence-electron chi connectivity index (χ0n) is 16.4. The number of pyridine rings is 1. The highest BCUT2D eigenvalue weighted by Gasteiger charge is 2.17. The molecule has 8 heteroatoms. The van der Waals surface area contributed by atoms with Crippen molar-refractivity contribution in [1.82, 2.24) is 9.66 Å². The van der Waals surface area contributed by atoms with Crippen molar-refractivity contribution in [2.75, 3.05) is 26.4 Å². The molecule has 1 saturated heterocycles. The number of benzene rings is 1. The lowest BCUT2D eigenvalue weighted by atomic mass is 10.1. The molecule has 7 nitrogen and oxygen atoms in total. The summed E-state index contributed by atoms with van der Waals surface area (Å²) in [5.74, 6) is 1.53. The van der Waals surface area contributed by atoms with Crippen molar-refractivity contribution in [2.24, 2.45) is 10.1 Å². The highest BCUT2D eigenvalue weighted by molar-refractivity contribution is 7.07. The van der Waals surface area contributed by atoms with Crippen molar-refractivity contribution < 1.29 is 14.2 Å². The molecule has 30 heavy (non-hydrogen) atoms. The van der Waals surface area contributed by atoms with Crippen LogP contribution in [-0.2, 0) is 4.74 Å². The first-order valence-corrected chi connectivity index (χ1v) is 10.9. The molecule has 2 aliphatic rings. The number of nitrogens with zero attached hydrogens (tertiary/aromatic N) is 4. The fourth-order valence-corrected chi connectivity index (χ4v) is 4.31. The molecule has 3 aromatic rings. The van der Waals surface area contributed by atoms with E-state index in [0.29, 0.717) is 19.8 Å². The van der Waals surface area contributed by atoms with Crippen molar-refractivity contribution in [3.63, 3.8) is 0 Å². The average molecular weight is 423 g/mol. The third-order valence-corrected chi connectivity index (χ3v) is 5.84. The summed E-state index contributed by atoms with van der Waals surface area (Å²) in [4.78, 5) is 9.79. The summed E-state index contributed by atoms with van der Waals surface area (Å²) >= 11 is 1.57. The highest BCUT2D eigenvalue weighted by atomic mass is 32.1. The number of hydrogen-bond acceptors (Lipinski definition) is 7. The number of thiazole rings is 1. The maximum absolute atomic E-state index is 5.76. The van der Waals surface area contributed by atoms with Crippen LogP contribution in [0.4, 0.5) is 0 Å². The molecule has 0 bridgehead atoms. The van der Waals surface area contributed by atoms with Gasteiger partial charge in [-0.15, -0.1) is 11.3 Å². The Morgan fingerprint density at radius 2 is 2.10 bits per heavy atom. The molecular weight excluding hydrogens is 400 g/mol. The van der Waals surface area contributed by atoms with E-state index in [4.69, 9.17) is 24.3 Å². The van der Waals surface area contributed by atoms with Crippen LogP contribution in [0.3, 0.4) is 0 Å². The summed E-state index contributed by atoms with van der Waals surface area (Å²) in [5.41, 5.74) is 2.87. The van der Waals surface area contributed by atoms with E-state index < -0.39 is 0 Å². The van der Waals surface area contributed by atoms with Crippen LogP contribution in [0.15, 0.2) is 58.2 Å². The van der Waals surface area contributed by atoms with Gasteiger partial charge in [0.05, 0.1) is 24.6 Å². The van der Waals surface area contributed by atoms with Crippen molar-refractivity contribution in [3.05, 3.63) is 58.5 Å². The van der Waals surface area contributed by atoms with Gasteiger partial charge in [-0.25, -0.2) is 4.68 Å². The molecule has 1 aromatic carbocycles. The Morgan fingerprint density at radius 1 is 1.17 bits per heavy atom. The van der Waals surface area contributed by atoms with Crippen LogP contribution in [0, 0.1) is 0 Å². The van der Waals surface area contributed by atoms with E-state index in [1.165, 1.54) is 0 Å². The van der Waals surface area contributed by atoms with Gasteiger partial charge < -0.3 is 14.2 Å². The number of ether oxygens (including phenoxy) is 3. The second kappa shape index (κ2) is 8.81. The Kier molecular flexibility index (Phi) is 5.58. The van der Waals surface area contributed by atoms with Gasteiger partial charge in [0.1, 0.15) is 13.2 Å². The molecule has 2 aliphatic heterocycles. The average Bonchev–Trinajstić information content (AvgIpc) is 3.46. The van der Waals surface area contributed by atoms with Crippen LogP contribution in [0.25, 0.3) is 11.3 Å². The standard InChI is InChI=1S/C22H22N4O3S/c1-3-16(12-23-7-1)13-25-26-19(15-30-22(26)24-14-18-4-2-8-27-18)17-5-6-20-21(11-17)29-10-9-28-20/h1,3,5-7,11-13,15,18H,2,4,8-10,14H2/b24-22?,25-13-/t18-/m0/s1. The van der Waals surface area contributed by atoms with Gasteiger partial charge in [-0.3, -0.25) is 9.98 Å². The summed E-state index contributed by atoms with van der Waals surface area (Å²) in [7, 11) is 0. The molecule has 5 rings (SSSR count). The third-order valence-electron chi connectivity index (χ3n) is 4.98. The van der Waals surface area contributed by atoms with E-state index in [1.54, 1.807) is 29.9 Å². The Labute approximate surface area is 178 Å². The maximum atomic E-state index is 5.76. The van der Waals surface area contributed by atoms with Crippen LogP contribution < -0.4 is 14.3 Å². The van der Waals surface area contributed by atoms with Crippen LogP contribution in [0.2, 0.25) is 0 Å². The lowest BCUT2D eigenvalue weighted by Crippen LogP contribution is -2.17. The lowest BCUT2D eigenvalue weighted by Gasteiger charge is -2.18. The molecule has 0 saturated carbocycles. The van der Waals surface area contributed by atoms with Gasteiger partial charge in [-0.2, -0.15) is 5.10 Å². The van der Waals surface area contributed by atoms with Crippen LogP contribution in [-0.4, -0.2) is 48.3 Å². The Balaban J connectivity index is 1.53. The Bertz CT molecular complexity index is 1100. The molecule has 0 amide bonds. The van der Waals surface area contributed by atoms with Gasteiger partial charge in [-0.1, -0.05) is 6.07 Å². The summed E-state index contributed by atoms with van der Waals surface area (Å²) < 4.78 is 19.0. The second-order valence-corrected chi connectivity index (χ2v) is 7.92. The zero-order chi connectivity index (χ0) is 20.2. The van der Waals surface area contributed by atoms with Gasteiger partial charge in [0.15, 0.2) is 11.5 Å². The van der Waals surface area contributed by atoms with Crippen molar-refractivity contribution >= 4 is 17.6 Å². The monoisotopic (exact) mass is 422 g/mol. The van der Waals surface area contributed by atoms with Crippen molar-refractivity contribution in [1.29, 1.82) is 0 Å². The summed E-state index contributed by atoms with van der Waals surface area (Å²) in [6.07, 6.45) is 7.68. The van der Waals surface area contributed by atoms with E-state index in [2.05, 4.69) is 10.4 Å². The minimum Gasteiger partial charge on any atom is -0.486 e. The Morgan fingerprint density at radius 3 is 2.93 bits per heavy atom. The quantitative estimate of drug-likeness (QED) is 0.592. The molecule has 0 spiro atoms. The van der Waals surface area contributed by atoms with Crippen molar-refractivity contribution in [3.8, 4) is 22.8 Å². The largest absolute Gasteiger partial charge is 0.486 e. The minimum atomic E-state index is 0.195. The van der Waals surface area contributed by atoms with Crippen LogP contribution in [0.1, 0.15) is 18.4 Å². The van der Waals surface area contributed by atoms with Crippen LogP contribution in [0.5, 0.6) is 11.5 Å². The molecule has 1 fully saturated rings. The predicted molar refractivity (Wildman–Crippen MR) is 115 cm³/mol. The fourth-order valence-electron chi connectivity index (χ4n) is 3.47. The SMILES string of the molecule is C(=N/n1c(-c2ccc3c(c2)OCCO3)csc1=NC[C@@H]1CCCO1)/c1cccnc1. The molecule has 4 heterocycles. The number of rotatable bonds is 5. The van der Waals surface area contributed by atoms with E-state index in [0.717, 1.165) is 52.6 Å². The first-order chi connectivity index (χ1) is 14.9. The van der Waals surface area contributed by atoms with E-state index in [9.17, 15) is 0 Å². The maximum Gasteiger partial charge on any atom is 0.206 e. The van der Waals surface area contributed by atoms with Gasteiger partial charge in [0.25, 0.3) is 0 Å². The van der Waals surface area contributed by atoms with E-state index in [-0.39, 0.29) is 6.10 Å². The van der Waals surface area contributed by atoms with Crippen LogP contribution >= 0.6 is 11.3 Å². The second-order valence-electron chi connectivity index (χ2n) is 7.08. The number of hydrogen-bond donors (Lipinski definition) is 0. The Hall–Kier alpha value is -2.97. The topological polar surface area (TPSA) is 70.2 Å². The fraction of sp³-hybridized carbons (Fsp3) is 0.318. The molecule has 0 aliphatic carbocycles. The van der Waals surface area contributed by atoms with Gasteiger partial charge in [0, 0.05) is 35.5 Å². The molecular formula is C22H22N4O3S. The highest BCUT2D eigenvalue weighted by Crippen LogP contribution is 2.34. The normalized spacial score (nSPS) is 18.9. The lowest BCUT2D eigenvalue weighted by molar-refractivity contribution is 0.117. The van der Waals surface area contributed by atoms with Crippen molar-refractivity contribution in [2.45, 2.75) is 18.9 Å². The summed E-state index contributed by atoms with van der Waals surface area (Å²) in [6, 6.07) is 9.83. The number of aromatic nitrogens is 2. The van der Waals surface area contributed by atoms with Gasteiger partial charge in [-0.05, 0) is 37.1 Å². The number of fused-ring (bicyclic) bond motifs is 1. The van der Waals surface area contributed by atoms with Gasteiger partial charge >= 0.3 is 0 Å². The first kappa shape index (κ1) is 19.0. The van der Waals surface area contributed by atoms with Gasteiger partial charge in [0.2, 0.25) is 4.80 Å². The molecule has 2 aromatic heterocycles.